The van der Waals surface area contributed by atoms with Gasteiger partial charge in [-0.1, -0.05) is 6.07 Å². The predicted octanol–water partition coefficient (Wildman–Crippen LogP) is 3.76. The van der Waals surface area contributed by atoms with E-state index in [-0.39, 0.29) is 31.2 Å². The number of carbonyl (C=O) groups is 1. The molecule has 0 spiro atoms. The quantitative estimate of drug-likeness (QED) is 0.755. The van der Waals surface area contributed by atoms with Gasteiger partial charge in [-0.15, -0.1) is 0 Å². The minimum atomic E-state index is -4.44. The van der Waals surface area contributed by atoms with E-state index >= 15 is 0 Å². The van der Waals surface area contributed by atoms with Crippen LogP contribution in [0.1, 0.15) is 15.9 Å². The topological polar surface area (TPSA) is 38.8 Å². The van der Waals surface area contributed by atoms with Crippen LogP contribution in [0.15, 0.2) is 48.5 Å². The highest BCUT2D eigenvalue weighted by Crippen LogP contribution is 2.29. The van der Waals surface area contributed by atoms with Crippen LogP contribution >= 0.6 is 0 Å². The first-order chi connectivity index (χ1) is 12.8. The Labute approximate surface area is 153 Å². The van der Waals surface area contributed by atoms with E-state index < -0.39 is 23.7 Å². The van der Waals surface area contributed by atoms with Gasteiger partial charge in [0, 0.05) is 18.2 Å². The molecule has 0 aliphatic carbocycles. The smallest absolute Gasteiger partial charge is 0.416 e. The van der Waals surface area contributed by atoms with E-state index in [4.69, 9.17) is 9.47 Å². The van der Waals surface area contributed by atoms with E-state index in [9.17, 15) is 22.4 Å². The third-order valence-corrected chi connectivity index (χ3v) is 4.12. The first kappa shape index (κ1) is 19.2. The molecule has 0 aromatic heterocycles. The van der Waals surface area contributed by atoms with Crippen LogP contribution in [-0.2, 0) is 10.9 Å². The third-order valence-electron chi connectivity index (χ3n) is 4.12. The predicted molar refractivity (Wildman–Crippen MR) is 89.0 cm³/mol. The van der Waals surface area contributed by atoms with E-state index in [2.05, 4.69) is 0 Å². The van der Waals surface area contributed by atoms with Crippen molar-refractivity contribution in [3.8, 4) is 5.75 Å². The molecule has 1 aliphatic rings. The molecule has 1 amide bonds. The van der Waals surface area contributed by atoms with E-state index in [0.717, 1.165) is 12.1 Å². The first-order valence-corrected chi connectivity index (χ1v) is 8.29. The molecule has 144 valence electrons. The van der Waals surface area contributed by atoms with Crippen LogP contribution in [0.4, 0.5) is 17.6 Å². The standard InChI is InChI=1S/C19H17F4NO3/c20-15-2-1-3-16(10-15)27-12-17-11-24(8-9-26-17)18(25)13-4-6-14(7-5-13)19(21,22)23/h1-7,10,17H,8-9,11-12H2. The summed E-state index contributed by atoms with van der Waals surface area (Å²) in [7, 11) is 0. The summed E-state index contributed by atoms with van der Waals surface area (Å²) in [4.78, 5) is 14.0. The number of amides is 1. The van der Waals surface area contributed by atoms with Crippen molar-refractivity contribution in [2.75, 3.05) is 26.3 Å². The van der Waals surface area contributed by atoms with Crippen LogP contribution < -0.4 is 4.74 Å². The Kier molecular flexibility index (Phi) is 5.65. The molecule has 4 nitrogen and oxygen atoms in total. The highest BCUT2D eigenvalue weighted by molar-refractivity contribution is 5.94. The van der Waals surface area contributed by atoms with Crippen molar-refractivity contribution < 1.29 is 31.8 Å². The van der Waals surface area contributed by atoms with Crippen molar-refractivity contribution in [2.24, 2.45) is 0 Å². The van der Waals surface area contributed by atoms with E-state index in [1.165, 1.54) is 35.2 Å². The molecule has 2 aromatic carbocycles. The molecule has 1 saturated heterocycles. The minimum absolute atomic E-state index is 0.125. The number of benzene rings is 2. The lowest BCUT2D eigenvalue weighted by atomic mass is 10.1. The van der Waals surface area contributed by atoms with Gasteiger partial charge in [0.05, 0.1) is 18.7 Å². The minimum Gasteiger partial charge on any atom is -0.491 e. The molecule has 3 rings (SSSR count). The summed E-state index contributed by atoms with van der Waals surface area (Å²) in [5.74, 6) is -0.441. The van der Waals surface area contributed by atoms with Crippen LogP contribution in [0, 0.1) is 5.82 Å². The SMILES string of the molecule is O=C(c1ccc(C(F)(F)F)cc1)N1CCOC(COc2cccc(F)c2)C1. The number of hydrogen-bond acceptors (Lipinski definition) is 3. The lowest BCUT2D eigenvalue weighted by molar-refractivity contribution is -0.137. The van der Waals surface area contributed by atoms with E-state index in [1.54, 1.807) is 6.07 Å². The fourth-order valence-corrected chi connectivity index (χ4v) is 2.73. The second-order valence-electron chi connectivity index (χ2n) is 6.09. The van der Waals surface area contributed by atoms with Crippen LogP contribution in [0.2, 0.25) is 0 Å². The maximum absolute atomic E-state index is 13.2. The summed E-state index contributed by atoms with van der Waals surface area (Å²) in [6.07, 6.45) is -4.86. The number of halogens is 4. The zero-order chi connectivity index (χ0) is 19.4. The number of morpholine rings is 1. The molecule has 1 fully saturated rings. The van der Waals surface area contributed by atoms with Gasteiger partial charge < -0.3 is 14.4 Å². The molecular formula is C19H17F4NO3. The van der Waals surface area contributed by atoms with Gasteiger partial charge in [-0.25, -0.2) is 4.39 Å². The number of carbonyl (C=O) groups excluding carboxylic acids is 1. The fraction of sp³-hybridized carbons (Fsp3) is 0.316. The van der Waals surface area contributed by atoms with Crippen LogP contribution in [0.25, 0.3) is 0 Å². The van der Waals surface area contributed by atoms with Crippen molar-refractivity contribution in [2.45, 2.75) is 12.3 Å². The Morgan fingerprint density at radius 3 is 2.59 bits per heavy atom. The summed E-state index contributed by atoms with van der Waals surface area (Å²) in [5, 5.41) is 0. The maximum atomic E-state index is 13.2. The first-order valence-electron chi connectivity index (χ1n) is 8.29. The summed E-state index contributed by atoms with van der Waals surface area (Å²) >= 11 is 0. The summed E-state index contributed by atoms with van der Waals surface area (Å²) in [6.45, 7) is 0.968. The second-order valence-corrected chi connectivity index (χ2v) is 6.09. The number of ether oxygens (including phenoxy) is 2. The van der Waals surface area contributed by atoms with Crippen molar-refractivity contribution in [1.82, 2.24) is 4.90 Å². The van der Waals surface area contributed by atoms with Crippen molar-refractivity contribution in [1.29, 1.82) is 0 Å². The van der Waals surface area contributed by atoms with Gasteiger partial charge in [0.1, 0.15) is 24.3 Å². The molecule has 8 heteroatoms. The van der Waals surface area contributed by atoms with E-state index in [0.29, 0.717) is 12.3 Å². The van der Waals surface area contributed by atoms with Gasteiger partial charge >= 0.3 is 6.18 Å². The van der Waals surface area contributed by atoms with Crippen LogP contribution in [0.3, 0.4) is 0 Å². The Bertz CT molecular complexity index is 792. The number of alkyl halides is 3. The molecule has 0 bridgehead atoms. The number of nitrogens with zero attached hydrogens (tertiary/aromatic N) is 1. The molecule has 1 aliphatic heterocycles. The Balaban J connectivity index is 1.59. The van der Waals surface area contributed by atoms with Crippen LogP contribution in [0.5, 0.6) is 5.75 Å². The molecule has 1 heterocycles. The number of rotatable bonds is 4. The lowest BCUT2D eigenvalue weighted by Crippen LogP contribution is -2.47. The average molecular weight is 383 g/mol. The van der Waals surface area contributed by atoms with E-state index in [1.807, 2.05) is 0 Å². The van der Waals surface area contributed by atoms with Gasteiger partial charge in [0.25, 0.3) is 5.91 Å². The van der Waals surface area contributed by atoms with Gasteiger partial charge in [-0.05, 0) is 36.4 Å². The Morgan fingerprint density at radius 1 is 1.19 bits per heavy atom. The molecule has 0 N–H and O–H groups in total. The zero-order valence-corrected chi connectivity index (χ0v) is 14.2. The van der Waals surface area contributed by atoms with Crippen molar-refractivity contribution in [3.63, 3.8) is 0 Å². The largest absolute Gasteiger partial charge is 0.491 e. The molecule has 0 saturated carbocycles. The van der Waals surface area contributed by atoms with Gasteiger partial charge in [0.15, 0.2) is 0 Å². The lowest BCUT2D eigenvalue weighted by Gasteiger charge is -2.33. The maximum Gasteiger partial charge on any atom is 0.416 e. The Hall–Kier alpha value is -2.61. The Morgan fingerprint density at radius 2 is 1.93 bits per heavy atom. The molecule has 1 unspecified atom stereocenters. The van der Waals surface area contributed by atoms with Gasteiger partial charge in [-0.3, -0.25) is 4.79 Å². The summed E-state index contributed by atoms with van der Waals surface area (Å²) in [6, 6.07) is 9.78. The molecular weight excluding hydrogens is 366 g/mol. The molecule has 1 atom stereocenters. The van der Waals surface area contributed by atoms with Crippen LogP contribution in [-0.4, -0.2) is 43.2 Å². The third kappa shape index (κ3) is 4.97. The molecule has 2 aromatic rings. The second kappa shape index (κ2) is 7.96. The fourth-order valence-electron chi connectivity index (χ4n) is 2.73. The molecule has 27 heavy (non-hydrogen) atoms. The zero-order valence-electron chi connectivity index (χ0n) is 14.2. The van der Waals surface area contributed by atoms with Crippen molar-refractivity contribution in [3.05, 3.63) is 65.5 Å². The van der Waals surface area contributed by atoms with Crippen molar-refractivity contribution >= 4 is 5.91 Å². The highest BCUT2D eigenvalue weighted by Gasteiger charge is 2.31. The average Bonchev–Trinajstić information content (AvgIpc) is 2.65. The highest BCUT2D eigenvalue weighted by atomic mass is 19.4. The summed E-state index contributed by atoms with van der Waals surface area (Å²) < 4.78 is 62.1. The molecule has 0 radical (unpaired) electrons. The van der Waals surface area contributed by atoms with Gasteiger partial charge in [0.2, 0.25) is 0 Å². The van der Waals surface area contributed by atoms with Gasteiger partial charge in [-0.2, -0.15) is 13.2 Å². The monoisotopic (exact) mass is 383 g/mol. The normalized spacial score (nSPS) is 17.6. The summed E-state index contributed by atoms with van der Waals surface area (Å²) in [5.41, 5.74) is -0.628. The number of hydrogen-bond donors (Lipinski definition) is 0.